The minimum absolute atomic E-state index is 0.00413. The van der Waals surface area contributed by atoms with Gasteiger partial charge >= 0.3 is 11.9 Å². The van der Waals surface area contributed by atoms with E-state index in [0.717, 1.165) is 30.7 Å². The summed E-state index contributed by atoms with van der Waals surface area (Å²) >= 11 is 7.81. The molecule has 2 aliphatic heterocycles. The number of nitrogens with zero attached hydrogens (tertiary/aromatic N) is 5. The monoisotopic (exact) mass is 768 g/mol. The number of hydrogen-bond acceptors (Lipinski definition) is 11. The van der Waals surface area contributed by atoms with E-state index >= 15 is 4.39 Å². The molecule has 1 fully saturated rings. The van der Waals surface area contributed by atoms with Crippen LogP contribution in [0.5, 0.6) is 11.5 Å². The molecule has 17 heteroatoms. The molecular formula is C36H32ClF3N6O6S. The van der Waals surface area contributed by atoms with Crippen LogP contribution in [0.2, 0.25) is 5.02 Å². The number of benzene rings is 3. The first kappa shape index (κ1) is 37.3. The summed E-state index contributed by atoms with van der Waals surface area (Å²) in [4.78, 5) is 51.1. The average Bonchev–Trinajstić information content (AvgIpc) is 3.67. The van der Waals surface area contributed by atoms with Crippen molar-refractivity contribution in [1.82, 2.24) is 20.1 Å². The molecule has 1 saturated heterocycles. The molecule has 2 aliphatic rings. The van der Waals surface area contributed by atoms with Crippen molar-refractivity contribution >= 4 is 52.8 Å². The maximum atomic E-state index is 15.4. The van der Waals surface area contributed by atoms with Crippen molar-refractivity contribution in [3.05, 3.63) is 116 Å². The number of carboxylic acids is 1. The van der Waals surface area contributed by atoms with Crippen LogP contribution in [0.4, 0.5) is 18.9 Å². The number of hydrogen-bond donors (Lipinski definition) is 2. The fraction of sp³-hybridized carbons (Fsp3) is 0.250. The molecule has 3 heterocycles. The molecule has 4 aromatic rings. The Balaban J connectivity index is 1.22. The number of nitrogens with one attached hydrogen (secondary N) is 1. The molecular weight excluding hydrogens is 737 g/mol. The van der Waals surface area contributed by atoms with Crippen LogP contribution in [0.25, 0.3) is 0 Å². The van der Waals surface area contributed by atoms with Gasteiger partial charge in [0.05, 0.1) is 30.0 Å². The molecule has 6 rings (SSSR count). The molecule has 3 aromatic carbocycles. The molecule has 0 aliphatic carbocycles. The third kappa shape index (κ3) is 8.29. The SMILES string of the molecule is COC(=O)C1=C(CN2CCN(C=O)C(CN(C)c3ccc(Oc4ccc(C(=O)O)cc4F)cc3F)C2)NC(c2nccs2)=N[C@H]1c1ccc(F)cc1Cl. The Morgan fingerprint density at radius 1 is 1.11 bits per heavy atom. The standard InChI is InChI=1S/C36H32ClF3N6O6S/c1-44(29-7-5-23(15-26(29)39)52-30-8-3-20(35(48)49)13-27(30)40)16-22-17-45(10-11-46(22)19-47)18-28-31(36(50)51-2)32(24-6-4-21(38)14-25(24)37)43-33(42-28)34-41-9-12-53-34/h3-9,12-15,19,22,32H,10-11,16-18H2,1-2H3,(H,42,43)(H,48,49)/t22?,32-/m0/s1. The zero-order valence-electron chi connectivity index (χ0n) is 28.3. The van der Waals surface area contributed by atoms with E-state index in [1.807, 2.05) is 4.90 Å². The minimum Gasteiger partial charge on any atom is -0.478 e. The van der Waals surface area contributed by atoms with Crippen LogP contribution in [-0.4, -0.2) is 97.0 Å². The van der Waals surface area contributed by atoms with Crippen LogP contribution in [-0.2, 0) is 14.3 Å². The zero-order chi connectivity index (χ0) is 37.8. The summed E-state index contributed by atoms with van der Waals surface area (Å²) in [5.41, 5.74) is 0.966. The number of anilines is 1. The quantitative estimate of drug-likeness (QED) is 0.141. The second-order valence-corrected chi connectivity index (χ2v) is 13.5. The summed E-state index contributed by atoms with van der Waals surface area (Å²) < 4.78 is 54.6. The van der Waals surface area contributed by atoms with E-state index in [1.54, 1.807) is 28.4 Å². The fourth-order valence-corrected chi connectivity index (χ4v) is 7.05. The van der Waals surface area contributed by atoms with Crippen LogP contribution in [0.1, 0.15) is 27.0 Å². The molecule has 1 amide bonds. The first-order valence-corrected chi connectivity index (χ1v) is 17.4. The minimum atomic E-state index is -1.30. The van der Waals surface area contributed by atoms with E-state index in [-0.39, 0.29) is 46.4 Å². The Morgan fingerprint density at radius 3 is 2.58 bits per heavy atom. The van der Waals surface area contributed by atoms with Gasteiger partial charge in [-0.15, -0.1) is 11.3 Å². The summed E-state index contributed by atoms with van der Waals surface area (Å²) in [6, 6.07) is 9.63. The highest BCUT2D eigenvalue weighted by molar-refractivity contribution is 7.11. The van der Waals surface area contributed by atoms with Gasteiger partial charge in [0.2, 0.25) is 6.41 Å². The number of amides is 1. The van der Waals surface area contributed by atoms with Crippen molar-refractivity contribution in [2.45, 2.75) is 12.1 Å². The van der Waals surface area contributed by atoms with E-state index in [0.29, 0.717) is 41.7 Å². The highest BCUT2D eigenvalue weighted by Gasteiger charge is 2.36. The lowest BCUT2D eigenvalue weighted by molar-refractivity contribution is -0.136. The number of likely N-dealkylation sites (N-methyl/N-ethyl adjacent to an activating group) is 1. The number of amidine groups is 1. The topological polar surface area (TPSA) is 137 Å². The van der Waals surface area contributed by atoms with E-state index in [4.69, 9.17) is 31.2 Å². The normalized spacial score (nSPS) is 17.5. The maximum absolute atomic E-state index is 15.4. The molecule has 0 saturated carbocycles. The number of rotatable bonds is 12. The van der Waals surface area contributed by atoms with Crippen LogP contribution in [0.3, 0.4) is 0 Å². The number of carbonyl (C=O) groups excluding carboxylic acids is 2. The number of carboxylic acid groups (broad SMARTS) is 1. The predicted octanol–water partition coefficient (Wildman–Crippen LogP) is 5.50. The Morgan fingerprint density at radius 2 is 1.92 bits per heavy atom. The van der Waals surface area contributed by atoms with Gasteiger partial charge in [-0.25, -0.2) is 27.7 Å². The summed E-state index contributed by atoms with van der Waals surface area (Å²) in [6.45, 7) is 1.53. The van der Waals surface area contributed by atoms with Gasteiger partial charge in [0.15, 0.2) is 22.4 Å². The van der Waals surface area contributed by atoms with Crippen molar-refractivity contribution in [2.24, 2.45) is 4.99 Å². The van der Waals surface area contributed by atoms with Crippen molar-refractivity contribution in [3.63, 3.8) is 0 Å². The number of aromatic nitrogens is 1. The number of methoxy groups -OCH3 is 1. The number of aliphatic imine (C=N–C) groups is 1. The van der Waals surface area contributed by atoms with Gasteiger partial charge in [-0.1, -0.05) is 17.7 Å². The van der Waals surface area contributed by atoms with Crippen molar-refractivity contribution in [2.75, 3.05) is 51.8 Å². The van der Waals surface area contributed by atoms with Gasteiger partial charge in [0.25, 0.3) is 0 Å². The molecule has 53 heavy (non-hydrogen) atoms. The lowest BCUT2D eigenvalue weighted by Crippen LogP contribution is -2.57. The van der Waals surface area contributed by atoms with Gasteiger partial charge in [-0.2, -0.15) is 0 Å². The number of esters is 1. The lowest BCUT2D eigenvalue weighted by Gasteiger charge is -2.42. The third-order valence-electron chi connectivity index (χ3n) is 8.77. The van der Waals surface area contributed by atoms with E-state index in [2.05, 4.69) is 10.3 Å². The van der Waals surface area contributed by atoms with Crippen LogP contribution >= 0.6 is 22.9 Å². The Kier molecular flexibility index (Phi) is 11.3. The van der Waals surface area contributed by atoms with E-state index < -0.39 is 41.5 Å². The highest BCUT2D eigenvalue weighted by Crippen LogP contribution is 2.37. The molecule has 1 aromatic heterocycles. The molecule has 0 bridgehead atoms. The number of halogens is 4. The lowest BCUT2D eigenvalue weighted by atomic mass is 9.95. The van der Waals surface area contributed by atoms with Gasteiger partial charge < -0.3 is 29.7 Å². The Hall–Kier alpha value is -5.45. The van der Waals surface area contributed by atoms with E-state index in [9.17, 15) is 23.2 Å². The molecule has 276 valence electrons. The van der Waals surface area contributed by atoms with Crippen LogP contribution in [0, 0.1) is 17.5 Å². The molecule has 2 atom stereocenters. The Bertz CT molecular complexity index is 2100. The molecule has 2 N–H and O–H groups in total. The molecule has 0 spiro atoms. The predicted molar refractivity (Wildman–Crippen MR) is 191 cm³/mol. The highest BCUT2D eigenvalue weighted by atomic mass is 35.5. The smallest absolute Gasteiger partial charge is 0.338 e. The fourth-order valence-electron chi connectivity index (χ4n) is 6.19. The second kappa shape index (κ2) is 16.1. The van der Waals surface area contributed by atoms with Crippen LogP contribution in [0.15, 0.2) is 82.4 Å². The van der Waals surface area contributed by atoms with Gasteiger partial charge in [-0.05, 0) is 42.5 Å². The van der Waals surface area contributed by atoms with Crippen molar-refractivity contribution < 1.29 is 42.1 Å². The zero-order valence-corrected chi connectivity index (χ0v) is 29.8. The largest absolute Gasteiger partial charge is 0.478 e. The molecule has 0 radical (unpaired) electrons. The molecule has 1 unspecified atom stereocenters. The Labute approximate surface area is 310 Å². The molecule has 12 nitrogen and oxygen atoms in total. The van der Waals surface area contributed by atoms with Crippen LogP contribution < -0.4 is 15.0 Å². The number of aromatic carboxylic acids is 1. The second-order valence-electron chi connectivity index (χ2n) is 12.2. The van der Waals surface area contributed by atoms with E-state index in [1.165, 1.54) is 48.8 Å². The summed E-state index contributed by atoms with van der Waals surface area (Å²) in [5, 5.41) is 14.7. The summed E-state index contributed by atoms with van der Waals surface area (Å²) in [7, 11) is 2.92. The third-order valence-corrected chi connectivity index (χ3v) is 9.88. The number of piperazine rings is 1. The van der Waals surface area contributed by atoms with Crippen molar-refractivity contribution in [3.8, 4) is 11.5 Å². The number of ether oxygens (including phenoxy) is 2. The van der Waals surface area contributed by atoms with Crippen molar-refractivity contribution in [1.29, 1.82) is 0 Å². The van der Waals surface area contributed by atoms with Gasteiger partial charge in [-0.3, -0.25) is 14.7 Å². The first-order valence-electron chi connectivity index (χ1n) is 16.1. The number of carbonyl (C=O) groups is 3. The average molecular weight is 769 g/mol. The summed E-state index contributed by atoms with van der Waals surface area (Å²) in [5.74, 6) is -3.98. The van der Waals surface area contributed by atoms with Gasteiger partial charge in [0, 0.05) is 73.7 Å². The summed E-state index contributed by atoms with van der Waals surface area (Å²) in [6.07, 6.45) is 2.36. The first-order chi connectivity index (χ1) is 25.4. The maximum Gasteiger partial charge on any atom is 0.338 e. The van der Waals surface area contributed by atoms with Gasteiger partial charge in [0.1, 0.15) is 23.4 Å². The number of thiazole rings is 1.